The van der Waals surface area contributed by atoms with Crippen molar-refractivity contribution in [2.45, 2.75) is 33.4 Å². The number of amides is 2. The Morgan fingerprint density at radius 2 is 1.73 bits per heavy atom. The van der Waals surface area contributed by atoms with Crippen molar-refractivity contribution in [3.8, 4) is 17.1 Å². The van der Waals surface area contributed by atoms with Crippen molar-refractivity contribution >= 4 is 17.5 Å². The van der Waals surface area contributed by atoms with Crippen LogP contribution in [0.1, 0.15) is 30.7 Å². The van der Waals surface area contributed by atoms with Crippen LogP contribution in [-0.4, -0.2) is 53.7 Å². The van der Waals surface area contributed by atoms with Gasteiger partial charge in [0.1, 0.15) is 11.6 Å². The van der Waals surface area contributed by atoms with E-state index in [9.17, 15) is 18.0 Å². The maximum absolute atomic E-state index is 13.2. The molecule has 0 atom stereocenters. The van der Waals surface area contributed by atoms with E-state index in [0.29, 0.717) is 56.3 Å². The van der Waals surface area contributed by atoms with Crippen LogP contribution in [0, 0.1) is 6.92 Å². The van der Waals surface area contributed by atoms with Crippen molar-refractivity contribution in [3.63, 3.8) is 0 Å². The van der Waals surface area contributed by atoms with Gasteiger partial charge >= 0.3 is 12.2 Å². The molecule has 1 N–H and O–H groups in total. The van der Waals surface area contributed by atoms with Gasteiger partial charge in [-0.3, -0.25) is 0 Å². The van der Waals surface area contributed by atoms with E-state index < -0.39 is 11.7 Å². The molecule has 2 amide bonds. The van der Waals surface area contributed by atoms with Gasteiger partial charge in [0.15, 0.2) is 5.82 Å². The Kier molecular flexibility index (Phi) is 7.85. The van der Waals surface area contributed by atoms with Crippen molar-refractivity contribution in [3.05, 3.63) is 65.4 Å². The van der Waals surface area contributed by atoms with Gasteiger partial charge < -0.3 is 19.9 Å². The second-order valence-electron chi connectivity index (χ2n) is 8.73. The average Bonchev–Trinajstić information content (AvgIpc) is 2.89. The lowest BCUT2D eigenvalue weighted by Crippen LogP contribution is -2.50. The largest absolute Gasteiger partial charge is 0.494 e. The lowest BCUT2D eigenvalue weighted by Gasteiger charge is -2.36. The number of nitrogens with zero attached hydrogens (tertiary/aromatic N) is 4. The number of ether oxygens (including phenoxy) is 1. The number of hydrogen-bond donors (Lipinski definition) is 1. The summed E-state index contributed by atoms with van der Waals surface area (Å²) in [6.07, 6.45) is -3.76. The van der Waals surface area contributed by atoms with Crippen molar-refractivity contribution in [1.82, 2.24) is 14.9 Å². The molecule has 1 aromatic heterocycles. The normalized spacial score (nSPS) is 14.0. The van der Waals surface area contributed by atoms with Gasteiger partial charge in [-0.2, -0.15) is 13.2 Å². The second kappa shape index (κ2) is 11.1. The summed E-state index contributed by atoms with van der Waals surface area (Å²) in [6, 6.07) is 12.1. The van der Waals surface area contributed by atoms with Crippen LogP contribution >= 0.6 is 0 Å². The predicted octanol–water partition coefficient (Wildman–Crippen LogP) is 5.79. The number of rotatable bonds is 6. The third kappa shape index (κ3) is 6.12. The Morgan fingerprint density at radius 3 is 2.35 bits per heavy atom. The van der Waals surface area contributed by atoms with Crippen molar-refractivity contribution in [2.75, 3.05) is 43.0 Å². The molecule has 0 radical (unpaired) electrons. The minimum absolute atomic E-state index is 0.192. The number of anilines is 2. The van der Waals surface area contributed by atoms with E-state index in [2.05, 4.69) is 15.2 Å². The molecule has 10 heteroatoms. The number of carbonyl (C=O) groups is 1. The van der Waals surface area contributed by atoms with Gasteiger partial charge in [0.05, 0.1) is 12.2 Å². The number of piperazine rings is 1. The molecule has 2 heterocycles. The molecular formula is C27H30F3N5O2. The topological polar surface area (TPSA) is 70.6 Å². The van der Waals surface area contributed by atoms with Gasteiger partial charge in [-0.1, -0.05) is 19.1 Å². The number of hydrogen-bond acceptors (Lipinski definition) is 5. The molecule has 4 rings (SSSR count). The zero-order valence-corrected chi connectivity index (χ0v) is 21.1. The quantitative estimate of drug-likeness (QED) is 0.452. The van der Waals surface area contributed by atoms with E-state index in [1.807, 2.05) is 32.9 Å². The Labute approximate surface area is 214 Å². The molecule has 7 nitrogen and oxygen atoms in total. The molecule has 1 fully saturated rings. The summed E-state index contributed by atoms with van der Waals surface area (Å²) in [5, 5.41) is 2.91. The van der Waals surface area contributed by atoms with Crippen LogP contribution in [0.15, 0.2) is 48.5 Å². The van der Waals surface area contributed by atoms with E-state index in [-0.39, 0.29) is 11.9 Å². The Hall–Kier alpha value is -3.82. The summed E-state index contributed by atoms with van der Waals surface area (Å²) in [5.74, 6) is 1.70. The molecule has 0 saturated carbocycles. The van der Waals surface area contributed by atoms with Crippen LogP contribution in [0.2, 0.25) is 0 Å². The zero-order chi connectivity index (χ0) is 26.6. The number of nitrogens with one attached hydrogen (secondary N) is 1. The fourth-order valence-corrected chi connectivity index (χ4v) is 4.35. The summed E-state index contributed by atoms with van der Waals surface area (Å²) in [6.45, 7) is 8.38. The van der Waals surface area contributed by atoms with Gasteiger partial charge in [-0.25, -0.2) is 14.8 Å². The predicted molar refractivity (Wildman–Crippen MR) is 137 cm³/mol. The first kappa shape index (κ1) is 26.2. The minimum Gasteiger partial charge on any atom is -0.494 e. The maximum Gasteiger partial charge on any atom is 0.416 e. The van der Waals surface area contributed by atoms with Crippen LogP contribution in [0.5, 0.6) is 5.75 Å². The summed E-state index contributed by atoms with van der Waals surface area (Å²) in [7, 11) is 0. The van der Waals surface area contributed by atoms with Crippen LogP contribution in [0.4, 0.5) is 29.5 Å². The lowest BCUT2D eigenvalue weighted by atomic mass is 10.1. The van der Waals surface area contributed by atoms with E-state index in [1.165, 1.54) is 6.07 Å². The van der Waals surface area contributed by atoms with Crippen LogP contribution in [0.3, 0.4) is 0 Å². The highest BCUT2D eigenvalue weighted by atomic mass is 19.4. The van der Waals surface area contributed by atoms with Gasteiger partial charge in [0, 0.05) is 48.7 Å². The number of alkyl halides is 3. The second-order valence-corrected chi connectivity index (χ2v) is 8.73. The maximum atomic E-state index is 13.2. The highest BCUT2D eigenvalue weighted by Crippen LogP contribution is 2.33. The summed E-state index contributed by atoms with van der Waals surface area (Å²) in [5.41, 5.74) is 1.94. The van der Waals surface area contributed by atoms with Crippen molar-refractivity contribution in [2.24, 2.45) is 0 Å². The summed E-state index contributed by atoms with van der Waals surface area (Å²) in [4.78, 5) is 25.8. The first-order valence-electron chi connectivity index (χ1n) is 12.3. The van der Waals surface area contributed by atoms with Gasteiger partial charge in [0.25, 0.3) is 0 Å². The number of halogens is 3. The minimum atomic E-state index is -4.44. The molecule has 1 aliphatic heterocycles. The number of aryl methyl sites for hydroxylation is 1. The molecule has 1 saturated heterocycles. The SMILES string of the molecule is CCOc1ccc(NC(=O)N2CCN(c3nc(-c4cccc(C(F)(F)F)c4)nc(C)c3CC)CC2)cc1. The van der Waals surface area contributed by atoms with Crippen molar-refractivity contribution < 1.29 is 22.7 Å². The standard InChI is InChI=1S/C27H30F3N5O2/c1-4-23-18(3)31-24(19-7-6-8-20(17-19)27(28,29)30)33-25(23)34-13-15-35(16-14-34)26(36)32-21-9-11-22(12-10-21)37-5-2/h6-12,17H,4-5,13-16H2,1-3H3,(H,32,36). The van der Waals surface area contributed by atoms with Crippen LogP contribution < -0.4 is 15.0 Å². The lowest BCUT2D eigenvalue weighted by molar-refractivity contribution is -0.137. The molecule has 0 bridgehead atoms. The van der Waals surface area contributed by atoms with E-state index in [1.54, 1.807) is 23.1 Å². The van der Waals surface area contributed by atoms with Gasteiger partial charge in [0.2, 0.25) is 0 Å². The monoisotopic (exact) mass is 513 g/mol. The first-order chi connectivity index (χ1) is 17.7. The Morgan fingerprint density at radius 1 is 1.03 bits per heavy atom. The molecule has 0 aliphatic carbocycles. The summed E-state index contributed by atoms with van der Waals surface area (Å²) >= 11 is 0. The molecular weight excluding hydrogens is 483 g/mol. The number of benzene rings is 2. The number of aromatic nitrogens is 2. The third-order valence-electron chi connectivity index (χ3n) is 6.28. The van der Waals surface area contributed by atoms with Gasteiger partial charge in [-0.05, 0) is 56.7 Å². The third-order valence-corrected chi connectivity index (χ3v) is 6.28. The molecule has 2 aromatic carbocycles. The number of carbonyl (C=O) groups excluding carboxylic acids is 1. The van der Waals surface area contributed by atoms with Crippen LogP contribution in [0.25, 0.3) is 11.4 Å². The molecule has 0 spiro atoms. The molecule has 3 aromatic rings. The Balaban J connectivity index is 1.48. The Bertz CT molecular complexity index is 1240. The fourth-order valence-electron chi connectivity index (χ4n) is 4.35. The zero-order valence-electron chi connectivity index (χ0n) is 21.1. The van der Waals surface area contributed by atoms with Crippen LogP contribution in [-0.2, 0) is 12.6 Å². The molecule has 1 aliphatic rings. The fraction of sp³-hybridized carbons (Fsp3) is 0.370. The molecule has 196 valence electrons. The number of urea groups is 1. The van der Waals surface area contributed by atoms with E-state index in [4.69, 9.17) is 9.72 Å². The van der Waals surface area contributed by atoms with E-state index >= 15 is 0 Å². The smallest absolute Gasteiger partial charge is 0.416 e. The highest BCUT2D eigenvalue weighted by molar-refractivity contribution is 5.89. The molecule has 37 heavy (non-hydrogen) atoms. The highest BCUT2D eigenvalue weighted by Gasteiger charge is 2.31. The molecule has 0 unspecified atom stereocenters. The summed E-state index contributed by atoms with van der Waals surface area (Å²) < 4.78 is 45.2. The van der Waals surface area contributed by atoms with Gasteiger partial charge in [-0.15, -0.1) is 0 Å². The average molecular weight is 514 g/mol. The van der Waals surface area contributed by atoms with E-state index in [0.717, 1.165) is 29.1 Å². The van der Waals surface area contributed by atoms with Crippen molar-refractivity contribution in [1.29, 1.82) is 0 Å². The first-order valence-corrected chi connectivity index (χ1v) is 12.3.